The summed E-state index contributed by atoms with van der Waals surface area (Å²) in [6.07, 6.45) is 5.58. The molecule has 1 nitrogen and oxygen atoms in total. The highest BCUT2D eigenvalue weighted by Gasteiger charge is 2.25. The van der Waals surface area contributed by atoms with Gasteiger partial charge >= 0.3 is 0 Å². The molecule has 64 valence electrons. The van der Waals surface area contributed by atoms with Crippen molar-refractivity contribution in [3.05, 3.63) is 0 Å². The molecular weight excluding hydrogens is 154 g/mol. The van der Waals surface area contributed by atoms with E-state index in [9.17, 15) is 0 Å². The Balaban J connectivity index is 1.69. The first kappa shape index (κ1) is 7.93. The molecule has 2 heteroatoms. The minimum Gasteiger partial charge on any atom is -0.303 e. The van der Waals surface area contributed by atoms with Crippen LogP contribution in [0.2, 0.25) is 0 Å². The van der Waals surface area contributed by atoms with Crippen LogP contribution in [0.4, 0.5) is 0 Å². The maximum Gasteiger partial charge on any atom is 0.00411 e. The molecule has 1 saturated heterocycles. The van der Waals surface area contributed by atoms with Crippen LogP contribution >= 0.6 is 12.6 Å². The normalized spacial score (nSPS) is 29.2. The summed E-state index contributed by atoms with van der Waals surface area (Å²) in [6, 6.07) is 0. The van der Waals surface area contributed by atoms with E-state index < -0.39 is 0 Å². The number of rotatable bonds is 2. The van der Waals surface area contributed by atoms with Gasteiger partial charge in [0.25, 0.3) is 0 Å². The average Bonchev–Trinajstić information content (AvgIpc) is 2.78. The van der Waals surface area contributed by atoms with Gasteiger partial charge in [-0.25, -0.2) is 0 Å². The van der Waals surface area contributed by atoms with Gasteiger partial charge in [0.2, 0.25) is 0 Å². The topological polar surface area (TPSA) is 3.24 Å². The molecule has 1 saturated carbocycles. The second kappa shape index (κ2) is 3.36. The van der Waals surface area contributed by atoms with E-state index in [0.29, 0.717) is 5.25 Å². The Morgan fingerprint density at radius 1 is 1.09 bits per heavy atom. The van der Waals surface area contributed by atoms with E-state index in [0.717, 1.165) is 5.92 Å². The number of thiol groups is 1. The summed E-state index contributed by atoms with van der Waals surface area (Å²) in [6.45, 7) is 3.97. The van der Waals surface area contributed by atoms with Crippen LogP contribution in [0.15, 0.2) is 0 Å². The predicted octanol–water partition coefficient (Wildman–Crippen LogP) is 1.79. The molecule has 0 aromatic carbocycles. The second-order valence-electron chi connectivity index (χ2n) is 3.98. The third kappa shape index (κ3) is 2.38. The molecule has 0 atom stereocenters. The molecule has 11 heavy (non-hydrogen) atoms. The van der Waals surface area contributed by atoms with Gasteiger partial charge in [0.15, 0.2) is 0 Å². The van der Waals surface area contributed by atoms with Crippen molar-refractivity contribution < 1.29 is 0 Å². The van der Waals surface area contributed by atoms with Gasteiger partial charge in [-0.2, -0.15) is 12.6 Å². The van der Waals surface area contributed by atoms with Crippen LogP contribution < -0.4 is 0 Å². The van der Waals surface area contributed by atoms with Crippen LogP contribution in [0.25, 0.3) is 0 Å². The monoisotopic (exact) mass is 171 g/mol. The average molecular weight is 171 g/mol. The fraction of sp³-hybridized carbons (Fsp3) is 1.00. The van der Waals surface area contributed by atoms with E-state index in [1.165, 1.54) is 45.3 Å². The summed E-state index contributed by atoms with van der Waals surface area (Å²) in [4.78, 5) is 2.62. The van der Waals surface area contributed by atoms with Crippen LogP contribution in [0, 0.1) is 5.92 Å². The molecule has 1 aliphatic carbocycles. The van der Waals surface area contributed by atoms with Gasteiger partial charge in [0.1, 0.15) is 0 Å². The van der Waals surface area contributed by atoms with Gasteiger partial charge in [-0.05, 0) is 44.7 Å². The SMILES string of the molecule is SC1CCN(CC2CC2)CC1. The van der Waals surface area contributed by atoms with E-state index >= 15 is 0 Å². The highest BCUT2D eigenvalue weighted by molar-refractivity contribution is 7.80. The number of hydrogen-bond acceptors (Lipinski definition) is 2. The Kier molecular flexibility index (Phi) is 2.42. The highest BCUT2D eigenvalue weighted by Crippen LogP contribution is 2.30. The van der Waals surface area contributed by atoms with Gasteiger partial charge < -0.3 is 4.90 Å². The lowest BCUT2D eigenvalue weighted by Gasteiger charge is -2.29. The lowest BCUT2D eigenvalue weighted by atomic mass is 10.1. The lowest BCUT2D eigenvalue weighted by molar-refractivity contribution is 0.224. The zero-order chi connectivity index (χ0) is 7.68. The summed E-state index contributed by atoms with van der Waals surface area (Å²) >= 11 is 4.48. The molecule has 0 N–H and O–H groups in total. The predicted molar refractivity (Wildman–Crippen MR) is 51.2 cm³/mol. The Morgan fingerprint density at radius 3 is 2.27 bits per heavy atom. The van der Waals surface area contributed by atoms with Crippen LogP contribution in [0.3, 0.4) is 0 Å². The smallest absolute Gasteiger partial charge is 0.00411 e. The Labute approximate surface area is 74.6 Å². The summed E-state index contributed by atoms with van der Waals surface area (Å²) in [7, 11) is 0. The summed E-state index contributed by atoms with van der Waals surface area (Å²) in [5.74, 6) is 1.06. The van der Waals surface area contributed by atoms with Crippen molar-refractivity contribution in [2.24, 2.45) is 5.92 Å². The van der Waals surface area contributed by atoms with Crippen molar-refractivity contribution >= 4 is 12.6 Å². The molecule has 0 aromatic heterocycles. The van der Waals surface area contributed by atoms with Crippen molar-refractivity contribution in [1.29, 1.82) is 0 Å². The first-order chi connectivity index (χ1) is 5.34. The van der Waals surface area contributed by atoms with Gasteiger partial charge in [0, 0.05) is 11.8 Å². The molecule has 0 bridgehead atoms. The molecular formula is C9H17NS. The Hall–Kier alpha value is 0.310. The second-order valence-corrected chi connectivity index (χ2v) is 4.71. The van der Waals surface area contributed by atoms with Gasteiger partial charge in [-0.1, -0.05) is 0 Å². The molecule has 1 aliphatic heterocycles. The van der Waals surface area contributed by atoms with Crippen molar-refractivity contribution in [2.75, 3.05) is 19.6 Å². The van der Waals surface area contributed by atoms with Crippen LogP contribution in [-0.4, -0.2) is 29.8 Å². The highest BCUT2D eigenvalue weighted by atomic mass is 32.1. The molecule has 2 fully saturated rings. The first-order valence-corrected chi connectivity index (χ1v) is 5.26. The van der Waals surface area contributed by atoms with Crippen molar-refractivity contribution in [1.82, 2.24) is 4.90 Å². The fourth-order valence-electron chi connectivity index (χ4n) is 1.77. The molecule has 0 radical (unpaired) electrons. The first-order valence-electron chi connectivity index (χ1n) is 4.75. The van der Waals surface area contributed by atoms with E-state index in [4.69, 9.17) is 0 Å². The minimum atomic E-state index is 0.686. The molecule has 0 amide bonds. The van der Waals surface area contributed by atoms with Crippen LogP contribution in [0.1, 0.15) is 25.7 Å². The van der Waals surface area contributed by atoms with E-state index in [1.54, 1.807) is 0 Å². The molecule has 1 heterocycles. The number of likely N-dealkylation sites (tertiary alicyclic amines) is 1. The Bertz CT molecular complexity index is 126. The standard InChI is InChI=1S/C9H17NS/c11-9-3-5-10(6-4-9)7-8-1-2-8/h8-9,11H,1-7H2. The zero-order valence-corrected chi connectivity index (χ0v) is 7.89. The molecule has 2 rings (SSSR count). The van der Waals surface area contributed by atoms with Crippen molar-refractivity contribution in [2.45, 2.75) is 30.9 Å². The van der Waals surface area contributed by atoms with Gasteiger partial charge in [0.05, 0.1) is 0 Å². The number of nitrogens with zero attached hydrogens (tertiary/aromatic N) is 1. The molecule has 0 spiro atoms. The molecule has 0 unspecified atom stereocenters. The van der Waals surface area contributed by atoms with E-state index in [-0.39, 0.29) is 0 Å². The maximum absolute atomic E-state index is 4.48. The van der Waals surface area contributed by atoms with Crippen LogP contribution in [-0.2, 0) is 0 Å². The van der Waals surface area contributed by atoms with Crippen molar-refractivity contribution in [3.8, 4) is 0 Å². The third-order valence-corrected chi connectivity index (χ3v) is 3.29. The summed E-state index contributed by atoms with van der Waals surface area (Å²) < 4.78 is 0. The maximum atomic E-state index is 4.48. The number of hydrogen-bond donors (Lipinski definition) is 1. The molecule has 2 aliphatic rings. The quantitative estimate of drug-likeness (QED) is 0.620. The largest absolute Gasteiger partial charge is 0.303 e. The van der Waals surface area contributed by atoms with E-state index in [2.05, 4.69) is 17.5 Å². The zero-order valence-electron chi connectivity index (χ0n) is 7.00. The Morgan fingerprint density at radius 2 is 1.73 bits per heavy atom. The fourth-order valence-corrected chi connectivity index (χ4v) is 2.00. The van der Waals surface area contributed by atoms with Gasteiger partial charge in [-0.15, -0.1) is 0 Å². The molecule has 0 aromatic rings. The summed E-state index contributed by atoms with van der Waals surface area (Å²) in [5.41, 5.74) is 0. The van der Waals surface area contributed by atoms with Crippen molar-refractivity contribution in [3.63, 3.8) is 0 Å². The minimum absolute atomic E-state index is 0.686. The number of piperidine rings is 1. The third-order valence-electron chi connectivity index (χ3n) is 2.77. The van der Waals surface area contributed by atoms with Crippen LogP contribution in [0.5, 0.6) is 0 Å². The summed E-state index contributed by atoms with van der Waals surface area (Å²) in [5, 5.41) is 0.686. The lowest BCUT2D eigenvalue weighted by Crippen LogP contribution is -2.35. The van der Waals surface area contributed by atoms with Gasteiger partial charge in [-0.3, -0.25) is 0 Å². The van der Waals surface area contributed by atoms with E-state index in [1.807, 2.05) is 0 Å².